The summed E-state index contributed by atoms with van der Waals surface area (Å²) in [6.07, 6.45) is -0.418. The van der Waals surface area contributed by atoms with Crippen molar-refractivity contribution in [3.8, 4) is 5.75 Å². The van der Waals surface area contributed by atoms with Crippen molar-refractivity contribution < 1.29 is 24.2 Å². The van der Waals surface area contributed by atoms with Gasteiger partial charge < -0.3 is 14.6 Å². The number of benzene rings is 1. The topological polar surface area (TPSA) is 76.1 Å². The lowest BCUT2D eigenvalue weighted by Gasteiger charge is -2.48. The molecule has 2 unspecified atom stereocenters. The van der Waals surface area contributed by atoms with Crippen molar-refractivity contribution in [2.75, 3.05) is 20.3 Å². The molecule has 0 spiro atoms. The summed E-state index contributed by atoms with van der Waals surface area (Å²) in [4.78, 5) is 24.6. The molecule has 1 aliphatic rings. The van der Waals surface area contributed by atoms with Gasteiger partial charge in [-0.25, -0.2) is 9.59 Å². The van der Waals surface area contributed by atoms with Crippen LogP contribution in [-0.2, 0) is 4.74 Å². The van der Waals surface area contributed by atoms with E-state index in [-0.39, 0.29) is 12.0 Å². The number of hydrogen-bond donors (Lipinski definition) is 1. The van der Waals surface area contributed by atoms with Gasteiger partial charge >= 0.3 is 12.1 Å². The second kappa shape index (κ2) is 7.12. The molecule has 1 saturated heterocycles. The first-order valence-corrected chi connectivity index (χ1v) is 8.53. The molecule has 1 N–H and O–H groups in total. The van der Waals surface area contributed by atoms with Gasteiger partial charge in [0.2, 0.25) is 0 Å². The number of carbonyl (C=O) groups excluding carboxylic acids is 1. The zero-order chi connectivity index (χ0) is 18.8. The molecule has 0 bridgehead atoms. The van der Waals surface area contributed by atoms with Crippen molar-refractivity contribution in [2.24, 2.45) is 5.41 Å². The van der Waals surface area contributed by atoms with Crippen LogP contribution in [0, 0.1) is 5.41 Å². The molecule has 0 saturated carbocycles. The van der Waals surface area contributed by atoms with E-state index in [0.717, 1.165) is 0 Å². The third-order valence-electron chi connectivity index (χ3n) is 4.87. The molecule has 0 aromatic heterocycles. The Bertz CT molecular complexity index is 640. The molecule has 138 valence electrons. The monoisotopic (exact) mass is 369 g/mol. The van der Waals surface area contributed by atoms with Crippen molar-refractivity contribution in [1.29, 1.82) is 0 Å². The van der Waals surface area contributed by atoms with E-state index < -0.39 is 23.0 Å². The standard InChI is InChI=1S/C18H24ClNO5/c1-17(2,3)18(14(19)9-10-20(18)16(22)23)11-25-13-7-5-12(6-8-13)15(21)24-4/h5-8,14H,9-11H2,1-4H3,(H,22,23). The van der Waals surface area contributed by atoms with Gasteiger partial charge in [-0.3, -0.25) is 4.90 Å². The summed E-state index contributed by atoms with van der Waals surface area (Å²) in [5.41, 5.74) is -0.842. The normalized spacial score (nSPS) is 23.4. The van der Waals surface area contributed by atoms with Crippen molar-refractivity contribution in [3.05, 3.63) is 29.8 Å². The van der Waals surface area contributed by atoms with Gasteiger partial charge in [0.15, 0.2) is 0 Å². The predicted octanol–water partition coefficient (Wildman–Crippen LogP) is 3.63. The van der Waals surface area contributed by atoms with Crippen LogP contribution in [0.15, 0.2) is 24.3 Å². The number of carboxylic acid groups (broad SMARTS) is 1. The fraction of sp³-hybridized carbons (Fsp3) is 0.556. The van der Waals surface area contributed by atoms with Crippen molar-refractivity contribution in [3.63, 3.8) is 0 Å². The van der Waals surface area contributed by atoms with Gasteiger partial charge in [0, 0.05) is 6.54 Å². The highest BCUT2D eigenvalue weighted by Crippen LogP contribution is 2.46. The predicted molar refractivity (Wildman–Crippen MR) is 94.5 cm³/mol. The summed E-state index contributed by atoms with van der Waals surface area (Å²) in [5, 5.41) is 9.26. The number of amides is 1. The number of hydrogen-bond acceptors (Lipinski definition) is 4. The van der Waals surface area contributed by atoms with E-state index in [1.165, 1.54) is 12.0 Å². The Morgan fingerprint density at radius 3 is 2.40 bits per heavy atom. The molecule has 6 nitrogen and oxygen atoms in total. The highest BCUT2D eigenvalue weighted by atomic mass is 35.5. The Labute approximate surface area is 152 Å². The van der Waals surface area contributed by atoms with Crippen LogP contribution < -0.4 is 4.74 Å². The fourth-order valence-corrected chi connectivity index (χ4v) is 3.98. The molecule has 1 aliphatic heterocycles. The van der Waals surface area contributed by atoms with E-state index >= 15 is 0 Å². The Balaban J connectivity index is 2.24. The van der Waals surface area contributed by atoms with Gasteiger partial charge in [-0.2, -0.15) is 0 Å². The number of esters is 1. The Kier molecular flexibility index (Phi) is 5.52. The van der Waals surface area contributed by atoms with E-state index in [2.05, 4.69) is 4.74 Å². The molecular formula is C18H24ClNO5. The number of halogens is 1. The van der Waals surface area contributed by atoms with Crippen molar-refractivity contribution in [1.82, 2.24) is 4.90 Å². The van der Waals surface area contributed by atoms with E-state index in [4.69, 9.17) is 16.3 Å². The van der Waals surface area contributed by atoms with Crippen LogP contribution in [0.1, 0.15) is 37.6 Å². The van der Waals surface area contributed by atoms with E-state index in [1.807, 2.05) is 20.8 Å². The Morgan fingerprint density at radius 2 is 1.92 bits per heavy atom. The van der Waals surface area contributed by atoms with E-state index in [9.17, 15) is 14.7 Å². The number of alkyl halides is 1. The summed E-state index contributed by atoms with van der Waals surface area (Å²) in [7, 11) is 1.32. The summed E-state index contributed by atoms with van der Waals surface area (Å²) >= 11 is 6.56. The maximum Gasteiger partial charge on any atom is 0.407 e. The molecule has 1 heterocycles. The van der Waals surface area contributed by atoms with Crippen LogP contribution in [-0.4, -0.2) is 53.2 Å². The SMILES string of the molecule is COC(=O)c1ccc(OCC2(C(C)(C)C)C(Cl)CCN2C(=O)O)cc1. The molecule has 7 heteroatoms. The maximum atomic E-state index is 11.7. The lowest BCUT2D eigenvalue weighted by molar-refractivity contribution is -0.00165. The van der Waals surface area contributed by atoms with Gasteiger partial charge in [0.25, 0.3) is 0 Å². The third-order valence-corrected chi connectivity index (χ3v) is 5.45. The molecule has 2 rings (SSSR count). The van der Waals surface area contributed by atoms with Gasteiger partial charge in [-0.1, -0.05) is 20.8 Å². The van der Waals surface area contributed by atoms with Crippen LogP contribution in [0.25, 0.3) is 0 Å². The van der Waals surface area contributed by atoms with E-state index in [1.54, 1.807) is 24.3 Å². The van der Waals surface area contributed by atoms with Crippen molar-refractivity contribution >= 4 is 23.7 Å². The second-order valence-electron chi connectivity index (χ2n) is 7.17. The van der Waals surface area contributed by atoms with Gasteiger partial charge in [-0.15, -0.1) is 11.6 Å². The highest BCUT2D eigenvalue weighted by Gasteiger charge is 2.58. The van der Waals surface area contributed by atoms with Crippen LogP contribution >= 0.6 is 11.6 Å². The molecule has 2 atom stereocenters. The molecule has 1 aromatic carbocycles. The summed E-state index contributed by atoms with van der Waals surface area (Å²) < 4.78 is 10.6. The number of nitrogens with zero attached hydrogens (tertiary/aromatic N) is 1. The quantitative estimate of drug-likeness (QED) is 0.647. The maximum absolute atomic E-state index is 11.7. The van der Waals surface area contributed by atoms with Crippen LogP contribution in [0.4, 0.5) is 4.79 Å². The summed E-state index contributed by atoms with van der Waals surface area (Å²) in [5.74, 6) is 0.115. The summed E-state index contributed by atoms with van der Waals surface area (Å²) in [6.45, 7) is 6.41. The molecule has 1 fully saturated rings. The first-order chi connectivity index (χ1) is 11.6. The smallest absolute Gasteiger partial charge is 0.407 e. The largest absolute Gasteiger partial charge is 0.491 e. The molecule has 1 aromatic rings. The van der Waals surface area contributed by atoms with Crippen LogP contribution in [0.5, 0.6) is 5.75 Å². The minimum Gasteiger partial charge on any atom is -0.491 e. The fourth-order valence-electron chi connectivity index (χ4n) is 3.37. The molecular weight excluding hydrogens is 346 g/mol. The average molecular weight is 370 g/mol. The van der Waals surface area contributed by atoms with Crippen LogP contribution in [0.2, 0.25) is 0 Å². The number of likely N-dealkylation sites (tertiary alicyclic amines) is 1. The van der Waals surface area contributed by atoms with Gasteiger partial charge in [0.05, 0.1) is 18.1 Å². The Hall–Kier alpha value is -1.95. The number of rotatable bonds is 4. The molecule has 1 amide bonds. The van der Waals surface area contributed by atoms with Gasteiger partial charge in [0.1, 0.15) is 17.9 Å². The summed E-state index contributed by atoms with van der Waals surface area (Å²) in [6, 6.07) is 6.53. The second-order valence-corrected chi connectivity index (χ2v) is 7.70. The van der Waals surface area contributed by atoms with E-state index in [0.29, 0.717) is 24.3 Å². The lowest BCUT2D eigenvalue weighted by Crippen LogP contribution is -2.62. The van der Waals surface area contributed by atoms with Crippen LogP contribution in [0.3, 0.4) is 0 Å². The molecule has 0 aliphatic carbocycles. The first-order valence-electron chi connectivity index (χ1n) is 8.09. The lowest BCUT2D eigenvalue weighted by atomic mass is 9.72. The zero-order valence-corrected chi connectivity index (χ0v) is 15.7. The zero-order valence-electron chi connectivity index (χ0n) is 14.9. The number of carbonyl (C=O) groups is 2. The minimum atomic E-state index is -0.997. The third kappa shape index (κ3) is 3.54. The Morgan fingerprint density at radius 1 is 1.32 bits per heavy atom. The van der Waals surface area contributed by atoms with Gasteiger partial charge in [-0.05, 0) is 36.1 Å². The average Bonchev–Trinajstić information content (AvgIpc) is 2.90. The number of ether oxygens (including phenoxy) is 2. The highest BCUT2D eigenvalue weighted by molar-refractivity contribution is 6.22. The number of methoxy groups -OCH3 is 1. The first kappa shape index (κ1) is 19.4. The minimum absolute atomic E-state index is 0.133. The molecule has 25 heavy (non-hydrogen) atoms. The van der Waals surface area contributed by atoms with Crippen molar-refractivity contribution in [2.45, 2.75) is 38.1 Å². The molecule has 0 radical (unpaired) electrons.